The number of methoxy groups -OCH3 is 1. The zero-order chi connectivity index (χ0) is 25.2. The van der Waals surface area contributed by atoms with Crippen LogP contribution in [0.5, 0.6) is 5.75 Å². The van der Waals surface area contributed by atoms with Crippen molar-refractivity contribution in [1.29, 1.82) is 0 Å². The molecule has 6 nitrogen and oxygen atoms in total. The van der Waals surface area contributed by atoms with Gasteiger partial charge in [0.25, 0.3) is 11.5 Å². The number of benzene rings is 3. The molecule has 180 valence electrons. The number of fused-ring (bicyclic) bond motifs is 1. The highest BCUT2D eigenvalue weighted by Crippen LogP contribution is 2.30. The molecule has 0 bridgehead atoms. The van der Waals surface area contributed by atoms with Crippen LogP contribution in [0.15, 0.2) is 99.9 Å². The largest absolute Gasteiger partial charge is 0.495 e. The van der Waals surface area contributed by atoms with Crippen LogP contribution < -0.4 is 24.9 Å². The summed E-state index contributed by atoms with van der Waals surface area (Å²) in [6.07, 6.45) is 1.78. The number of amides is 1. The van der Waals surface area contributed by atoms with Gasteiger partial charge in [0, 0.05) is 5.69 Å². The number of ether oxygens (including phenoxy) is 1. The van der Waals surface area contributed by atoms with Gasteiger partial charge in [-0.3, -0.25) is 14.2 Å². The minimum atomic E-state index is -0.618. The quantitative estimate of drug-likeness (QED) is 0.424. The maximum absolute atomic E-state index is 13.7. The minimum Gasteiger partial charge on any atom is -0.495 e. The van der Waals surface area contributed by atoms with Crippen LogP contribution in [0.1, 0.15) is 24.1 Å². The number of carbonyl (C=O) groups excluding carboxylic acids is 1. The third-order valence-electron chi connectivity index (χ3n) is 5.89. The molecule has 0 fully saturated rings. The minimum absolute atomic E-state index is 0.225. The zero-order valence-electron chi connectivity index (χ0n) is 19.6. The van der Waals surface area contributed by atoms with E-state index in [-0.39, 0.29) is 11.5 Å². The maximum atomic E-state index is 13.7. The van der Waals surface area contributed by atoms with Gasteiger partial charge in [0.1, 0.15) is 5.75 Å². The summed E-state index contributed by atoms with van der Waals surface area (Å²) in [4.78, 5) is 32.4. The molecule has 1 atom stereocenters. The van der Waals surface area contributed by atoms with E-state index in [4.69, 9.17) is 16.3 Å². The molecule has 0 saturated carbocycles. The Hall–Kier alpha value is -3.94. The number of rotatable bonds is 5. The normalized spacial score (nSPS) is 15.3. The third-order valence-corrected chi connectivity index (χ3v) is 7.17. The Balaban J connectivity index is 1.65. The maximum Gasteiger partial charge on any atom is 0.271 e. The van der Waals surface area contributed by atoms with E-state index in [1.165, 1.54) is 11.3 Å². The zero-order valence-corrected chi connectivity index (χ0v) is 21.1. The number of carbonyl (C=O) groups is 1. The molecule has 3 aromatic carbocycles. The number of nitrogens with zero attached hydrogens (tertiary/aromatic N) is 2. The molecule has 8 heteroatoms. The number of aromatic nitrogens is 1. The van der Waals surface area contributed by atoms with Gasteiger partial charge in [-0.1, -0.05) is 77.5 Å². The van der Waals surface area contributed by atoms with Gasteiger partial charge in [-0.15, -0.1) is 0 Å². The van der Waals surface area contributed by atoms with E-state index in [0.29, 0.717) is 37.1 Å². The molecule has 0 spiro atoms. The van der Waals surface area contributed by atoms with E-state index in [1.807, 2.05) is 66.7 Å². The summed E-state index contributed by atoms with van der Waals surface area (Å²) in [5.74, 6) is 0.261. The van der Waals surface area contributed by atoms with E-state index in [0.717, 1.165) is 11.1 Å². The fourth-order valence-corrected chi connectivity index (χ4v) is 5.52. The fourth-order valence-electron chi connectivity index (χ4n) is 4.21. The van der Waals surface area contributed by atoms with Gasteiger partial charge in [0.2, 0.25) is 0 Å². The summed E-state index contributed by atoms with van der Waals surface area (Å²) in [6, 6.07) is 23.5. The van der Waals surface area contributed by atoms with Gasteiger partial charge in [-0.25, -0.2) is 4.99 Å². The van der Waals surface area contributed by atoms with Crippen molar-refractivity contribution < 1.29 is 9.53 Å². The molecule has 1 aliphatic rings. The lowest BCUT2D eigenvalue weighted by Crippen LogP contribution is -2.40. The van der Waals surface area contributed by atoms with Gasteiger partial charge < -0.3 is 10.1 Å². The summed E-state index contributed by atoms with van der Waals surface area (Å²) in [6.45, 7) is 1.80. The van der Waals surface area contributed by atoms with Crippen LogP contribution in [0.3, 0.4) is 0 Å². The second-order valence-electron chi connectivity index (χ2n) is 8.21. The first kappa shape index (κ1) is 23.8. The Labute approximate surface area is 216 Å². The predicted octanol–water partition coefficient (Wildman–Crippen LogP) is 4.54. The van der Waals surface area contributed by atoms with E-state index in [9.17, 15) is 9.59 Å². The van der Waals surface area contributed by atoms with Crippen molar-refractivity contribution in [2.45, 2.75) is 13.0 Å². The first-order chi connectivity index (χ1) is 17.5. The SMILES string of the molecule is COc1ccc(/C=c2/sc3n(c2=O)[C@H](c2ccccc2)C(C(=O)Nc2ccccc2)=C(C)N=3)cc1Cl. The Bertz CT molecular complexity index is 1660. The molecule has 2 heterocycles. The van der Waals surface area contributed by atoms with Crippen molar-refractivity contribution in [2.75, 3.05) is 12.4 Å². The van der Waals surface area contributed by atoms with Crippen molar-refractivity contribution in [3.8, 4) is 5.75 Å². The molecule has 0 radical (unpaired) electrons. The molecule has 0 saturated heterocycles. The van der Waals surface area contributed by atoms with Gasteiger partial charge in [-0.05, 0) is 48.4 Å². The average Bonchev–Trinajstić information content (AvgIpc) is 3.18. The molecule has 1 amide bonds. The Morgan fingerprint density at radius 1 is 1.08 bits per heavy atom. The Morgan fingerprint density at radius 3 is 2.44 bits per heavy atom. The summed E-state index contributed by atoms with van der Waals surface area (Å²) in [5, 5.41) is 3.41. The third kappa shape index (κ3) is 4.51. The fraction of sp³-hybridized carbons (Fsp3) is 0.107. The number of para-hydroxylation sites is 1. The lowest BCUT2D eigenvalue weighted by atomic mass is 9.95. The highest BCUT2D eigenvalue weighted by molar-refractivity contribution is 7.07. The monoisotopic (exact) mass is 515 g/mol. The molecule has 36 heavy (non-hydrogen) atoms. The van der Waals surface area contributed by atoms with Crippen molar-refractivity contribution in [2.24, 2.45) is 4.99 Å². The van der Waals surface area contributed by atoms with Crippen molar-refractivity contribution in [3.05, 3.63) is 126 Å². The molecule has 0 aliphatic carbocycles. The van der Waals surface area contributed by atoms with Gasteiger partial charge in [0.05, 0.1) is 34.0 Å². The molecule has 0 unspecified atom stereocenters. The van der Waals surface area contributed by atoms with Crippen LogP contribution in [0.2, 0.25) is 5.02 Å². The van der Waals surface area contributed by atoms with Crippen molar-refractivity contribution >= 4 is 40.6 Å². The first-order valence-corrected chi connectivity index (χ1v) is 12.4. The van der Waals surface area contributed by atoms with Crippen molar-refractivity contribution in [1.82, 2.24) is 4.57 Å². The number of thiazole rings is 1. The molecular weight excluding hydrogens is 494 g/mol. The number of anilines is 1. The Kier molecular flexibility index (Phi) is 6.59. The van der Waals surface area contributed by atoms with Crippen LogP contribution >= 0.6 is 22.9 Å². The second-order valence-corrected chi connectivity index (χ2v) is 9.62. The number of nitrogens with one attached hydrogen (secondary N) is 1. The second kappa shape index (κ2) is 9.97. The van der Waals surface area contributed by atoms with Gasteiger partial charge in [0.15, 0.2) is 4.80 Å². The molecule has 1 N–H and O–H groups in total. The molecule has 1 aromatic heterocycles. The lowest BCUT2D eigenvalue weighted by molar-refractivity contribution is -0.113. The standard InChI is InChI=1S/C28H22ClN3O3S/c1-17-24(26(33)31-20-11-7-4-8-12-20)25(19-9-5-3-6-10-19)32-27(34)23(36-28(32)30-17)16-18-13-14-22(35-2)21(29)15-18/h3-16,25H,1-2H3,(H,31,33)/b23-16+/t25-/m1/s1. The summed E-state index contributed by atoms with van der Waals surface area (Å²) in [7, 11) is 1.55. The number of hydrogen-bond acceptors (Lipinski definition) is 5. The highest BCUT2D eigenvalue weighted by atomic mass is 35.5. The van der Waals surface area contributed by atoms with Crippen LogP contribution in [0.4, 0.5) is 5.69 Å². The van der Waals surface area contributed by atoms with Gasteiger partial charge >= 0.3 is 0 Å². The van der Waals surface area contributed by atoms with Crippen LogP contribution in [-0.2, 0) is 4.79 Å². The topological polar surface area (TPSA) is 72.7 Å². The molecule has 1 aliphatic heterocycles. The van der Waals surface area contributed by atoms with Crippen molar-refractivity contribution in [3.63, 3.8) is 0 Å². The summed E-state index contributed by atoms with van der Waals surface area (Å²) < 4.78 is 7.32. The number of hydrogen-bond donors (Lipinski definition) is 1. The molecule has 4 aromatic rings. The van der Waals surface area contributed by atoms with Crippen LogP contribution in [0, 0.1) is 0 Å². The summed E-state index contributed by atoms with van der Waals surface area (Å²) in [5.41, 5.74) is 3.03. The van der Waals surface area contributed by atoms with Gasteiger partial charge in [-0.2, -0.15) is 0 Å². The predicted molar refractivity (Wildman–Crippen MR) is 143 cm³/mol. The lowest BCUT2D eigenvalue weighted by Gasteiger charge is -2.25. The van der Waals surface area contributed by atoms with E-state index < -0.39 is 6.04 Å². The summed E-state index contributed by atoms with van der Waals surface area (Å²) >= 11 is 7.57. The van der Waals surface area contributed by atoms with Crippen LogP contribution in [-0.4, -0.2) is 17.6 Å². The average molecular weight is 516 g/mol. The number of halogens is 1. The Morgan fingerprint density at radius 2 is 1.78 bits per heavy atom. The molecule has 5 rings (SSSR count). The molecular formula is C28H22ClN3O3S. The highest BCUT2D eigenvalue weighted by Gasteiger charge is 2.32. The first-order valence-electron chi connectivity index (χ1n) is 11.2. The van der Waals surface area contributed by atoms with E-state index in [2.05, 4.69) is 10.3 Å². The van der Waals surface area contributed by atoms with Crippen LogP contribution in [0.25, 0.3) is 6.08 Å². The smallest absolute Gasteiger partial charge is 0.271 e. The van der Waals surface area contributed by atoms with E-state index >= 15 is 0 Å². The van der Waals surface area contributed by atoms with E-state index in [1.54, 1.807) is 36.8 Å². The number of allylic oxidation sites excluding steroid dienone is 1.